The summed E-state index contributed by atoms with van der Waals surface area (Å²) in [6.07, 6.45) is 3.28. The van der Waals surface area contributed by atoms with Crippen LogP contribution in [0.25, 0.3) is 5.95 Å². The Kier molecular flexibility index (Phi) is 4.91. The zero-order valence-corrected chi connectivity index (χ0v) is 16.5. The largest absolute Gasteiger partial charge is 0.497 e. The number of thioether (sulfide) groups is 1. The van der Waals surface area contributed by atoms with Gasteiger partial charge in [0.05, 0.1) is 30.9 Å². The molecule has 0 fully saturated rings. The number of hydrogen-bond donors (Lipinski definition) is 1. The smallest absolute Gasteiger partial charge is 0.252 e. The Morgan fingerprint density at radius 3 is 2.71 bits per heavy atom. The highest BCUT2D eigenvalue weighted by Crippen LogP contribution is 2.47. The van der Waals surface area contributed by atoms with Gasteiger partial charge in [-0.05, 0) is 19.1 Å². The van der Waals surface area contributed by atoms with E-state index in [2.05, 4.69) is 20.4 Å². The number of aromatic nitrogens is 4. The Hall–Kier alpha value is -3.07. The molecule has 1 aromatic carbocycles. The van der Waals surface area contributed by atoms with Gasteiger partial charge in [0.25, 0.3) is 5.95 Å². The van der Waals surface area contributed by atoms with Crippen molar-refractivity contribution in [2.24, 2.45) is 0 Å². The minimum atomic E-state index is -0.146. The van der Waals surface area contributed by atoms with Crippen LogP contribution in [0, 0.1) is 6.92 Å². The molecule has 8 nitrogen and oxygen atoms in total. The Morgan fingerprint density at radius 2 is 2.00 bits per heavy atom. The molecular formula is C19H19N5O3S. The summed E-state index contributed by atoms with van der Waals surface area (Å²) < 4.78 is 12.5. The average molecular weight is 397 g/mol. The van der Waals surface area contributed by atoms with Crippen LogP contribution in [0.1, 0.15) is 22.1 Å². The second-order valence-corrected chi connectivity index (χ2v) is 7.25. The van der Waals surface area contributed by atoms with Crippen molar-refractivity contribution < 1.29 is 14.3 Å². The molecule has 0 saturated heterocycles. The molecule has 4 rings (SSSR count). The highest BCUT2D eigenvalue weighted by Gasteiger charge is 2.32. The van der Waals surface area contributed by atoms with Crippen LogP contribution >= 0.6 is 11.8 Å². The molecule has 1 unspecified atom stereocenters. The number of ether oxygens (including phenoxy) is 2. The first-order valence-electron chi connectivity index (χ1n) is 8.62. The van der Waals surface area contributed by atoms with Crippen molar-refractivity contribution in [2.45, 2.75) is 12.2 Å². The number of carbonyl (C=O) groups is 1. The normalized spacial score (nSPS) is 16.1. The molecule has 1 atom stereocenters. The molecule has 0 radical (unpaired) electrons. The molecule has 0 saturated carbocycles. The van der Waals surface area contributed by atoms with E-state index < -0.39 is 0 Å². The summed E-state index contributed by atoms with van der Waals surface area (Å²) in [5.74, 6) is 2.60. The van der Waals surface area contributed by atoms with E-state index in [1.54, 1.807) is 37.4 Å². The van der Waals surface area contributed by atoms with Crippen LogP contribution in [0.4, 0.5) is 5.82 Å². The van der Waals surface area contributed by atoms with Crippen molar-refractivity contribution in [3.63, 3.8) is 0 Å². The van der Waals surface area contributed by atoms with Gasteiger partial charge in [0.1, 0.15) is 17.3 Å². The molecule has 2 aromatic heterocycles. The number of aryl methyl sites for hydroxylation is 1. The van der Waals surface area contributed by atoms with E-state index in [4.69, 9.17) is 9.47 Å². The number of anilines is 1. The van der Waals surface area contributed by atoms with Crippen molar-refractivity contribution in [1.29, 1.82) is 0 Å². The van der Waals surface area contributed by atoms with Gasteiger partial charge in [-0.3, -0.25) is 4.79 Å². The van der Waals surface area contributed by atoms with Crippen molar-refractivity contribution in [3.05, 3.63) is 53.5 Å². The molecule has 1 aliphatic rings. The molecule has 1 N–H and O–H groups in total. The lowest BCUT2D eigenvalue weighted by molar-refractivity contribution is -0.113. The Morgan fingerprint density at radius 1 is 1.21 bits per heavy atom. The Labute approximate surface area is 166 Å². The van der Waals surface area contributed by atoms with E-state index in [0.717, 1.165) is 16.8 Å². The highest BCUT2D eigenvalue weighted by atomic mass is 32.2. The fourth-order valence-electron chi connectivity index (χ4n) is 3.21. The predicted molar refractivity (Wildman–Crippen MR) is 106 cm³/mol. The molecular weight excluding hydrogens is 378 g/mol. The summed E-state index contributed by atoms with van der Waals surface area (Å²) in [6, 6.07) is 7.43. The fraction of sp³-hybridized carbons (Fsp3) is 0.263. The van der Waals surface area contributed by atoms with Gasteiger partial charge in [-0.2, -0.15) is 9.78 Å². The van der Waals surface area contributed by atoms with Crippen molar-refractivity contribution in [2.75, 3.05) is 25.3 Å². The standard InChI is InChI=1S/C19H19N5O3S/c1-11-16-17(13-6-5-12(26-2)9-14(13)27-3)28-10-15(25)22-18(16)24(23-11)19-20-7-4-8-21-19/h4-9,17H,10H2,1-3H3,(H,22,25). The lowest BCUT2D eigenvalue weighted by Gasteiger charge is -2.19. The van der Waals surface area contributed by atoms with Crippen LogP contribution in [0.2, 0.25) is 0 Å². The van der Waals surface area contributed by atoms with E-state index in [-0.39, 0.29) is 11.2 Å². The number of hydrogen-bond acceptors (Lipinski definition) is 7. The quantitative estimate of drug-likeness (QED) is 0.724. The molecule has 1 amide bonds. The second kappa shape index (κ2) is 7.51. The summed E-state index contributed by atoms with van der Waals surface area (Å²) >= 11 is 1.53. The van der Waals surface area contributed by atoms with Crippen LogP contribution in [0.15, 0.2) is 36.7 Å². The van der Waals surface area contributed by atoms with Crippen molar-refractivity contribution in [1.82, 2.24) is 19.7 Å². The Balaban J connectivity index is 1.89. The molecule has 0 spiro atoms. The van der Waals surface area contributed by atoms with E-state index in [0.29, 0.717) is 29.0 Å². The van der Waals surface area contributed by atoms with E-state index >= 15 is 0 Å². The number of benzene rings is 1. The molecule has 3 aromatic rings. The van der Waals surface area contributed by atoms with Gasteiger partial charge in [0, 0.05) is 29.6 Å². The fourth-order valence-corrected chi connectivity index (χ4v) is 4.42. The molecule has 0 bridgehead atoms. The van der Waals surface area contributed by atoms with Crippen LogP contribution in [0.3, 0.4) is 0 Å². The number of amides is 1. The first-order chi connectivity index (χ1) is 13.6. The van der Waals surface area contributed by atoms with E-state index in [1.807, 2.05) is 25.1 Å². The summed E-state index contributed by atoms with van der Waals surface area (Å²) in [7, 11) is 3.24. The second-order valence-electron chi connectivity index (χ2n) is 6.16. The van der Waals surface area contributed by atoms with E-state index in [1.165, 1.54) is 11.8 Å². The molecule has 9 heteroatoms. The monoisotopic (exact) mass is 397 g/mol. The summed E-state index contributed by atoms with van der Waals surface area (Å²) in [6.45, 7) is 1.92. The van der Waals surface area contributed by atoms with Gasteiger partial charge in [-0.1, -0.05) is 6.07 Å². The number of rotatable bonds is 4. The first-order valence-corrected chi connectivity index (χ1v) is 9.67. The van der Waals surface area contributed by atoms with Crippen LogP contribution in [0.5, 0.6) is 11.5 Å². The molecule has 3 heterocycles. The number of methoxy groups -OCH3 is 2. The third-order valence-corrected chi connectivity index (χ3v) is 5.72. The molecule has 1 aliphatic heterocycles. The van der Waals surface area contributed by atoms with Crippen molar-refractivity contribution >= 4 is 23.5 Å². The first kappa shape index (κ1) is 18.3. The number of nitrogens with one attached hydrogen (secondary N) is 1. The Bertz CT molecular complexity index is 1020. The third kappa shape index (κ3) is 3.18. The molecule has 0 aliphatic carbocycles. The topological polar surface area (TPSA) is 91.2 Å². The lowest BCUT2D eigenvalue weighted by Crippen LogP contribution is -2.16. The SMILES string of the molecule is COc1ccc(C2SCC(=O)Nc3c2c(C)nn3-c2ncccn2)c(OC)c1. The van der Waals surface area contributed by atoms with Gasteiger partial charge in [-0.25, -0.2) is 9.97 Å². The summed E-state index contributed by atoms with van der Waals surface area (Å²) in [5.41, 5.74) is 2.65. The lowest BCUT2D eigenvalue weighted by atomic mass is 10.0. The minimum Gasteiger partial charge on any atom is -0.497 e. The minimum absolute atomic E-state index is 0.0988. The van der Waals surface area contributed by atoms with E-state index in [9.17, 15) is 4.79 Å². The van der Waals surface area contributed by atoms with Gasteiger partial charge in [0.15, 0.2) is 0 Å². The maximum absolute atomic E-state index is 12.4. The predicted octanol–water partition coefficient (Wildman–Crippen LogP) is 2.76. The zero-order chi connectivity index (χ0) is 19.7. The van der Waals surface area contributed by atoms with Crippen LogP contribution in [-0.4, -0.2) is 45.6 Å². The van der Waals surface area contributed by atoms with Crippen molar-refractivity contribution in [3.8, 4) is 17.4 Å². The average Bonchev–Trinajstić information content (AvgIpc) is 2.93. The summed E-state index contributed by atoms with van der Waals surface area (Å²) in [5, 5.41) is 7.42. The number of fused-ring (bicyclic) bond motifs is 1. The maximum Gasteiger partial charge on any atom is 0.252 e. The number of nitrogens with zero attached hydrogens (tertiary/aromatic N) is 4. The molecule has 28 heavy (non-hydrogen) atoms. The molecule has 144 valence electrons. The van der Waals surface area contributed by atoms with Crippen LogP contribution in [-0.2, 0) is 4.79 Å². The zero-order valence-electron chi connectivity index (χ0n) is 15.7. The van der Waals surface area contributed by atoms with Crippen LogP contribution < -0.4 is 14.8 Å². The number of carbonyl (C=O) groups excluding carboxylic acids is 1. The third-order valence-electron chi connectivity index (χ3n) is 4.47. The van der Waals surface area contributed by atoms with Gasteiger partial charge in [0.2, 0.25) is 5.91 Å². The van der Waals surface area contributed by atoms with Gasteiger partial charge in [-0.15, -0.1) is 11.8 Å². The van der Waals surface area contributed by atoms with Gasteiger partial charge >= 0.3 is 0 Å². The highest BCUT2D eigenvalue weighted by molar-refractivity contribution is 8.00. The van der Waals surface area contributed by atoms with Gasteiger partial charge < -0.3 is 14.8 Å². The maximum atomic E-state index is 12.4. The summed E-state index contributed by atoms with van der Waals surface area (Å²) in [4.78, 5) is 20.9.